The number of carbonyl (C=O) groups is 2. The Bertz CT molecular complexity index is 924. The van der Waals surface area contributed by atoms with Crippen LogP contribution in [0.15, 0.2) is 53.0 Å². The lowest BCUT2D eigenvalue weighted by molar-refractivity contribution is -0.141. The van der Waals surface area contributed by atoms with Gasteiger partial charge in [-0.1, -0.05) is 40.2 Å². The van der Waals surface area contributed by atoms with E-state index in [-0.39, 0.29) is 18.3 Å². The predicted octanol–water partition coefficient (Wildman–Crippen LogP) is 4.41. The summed E-state index contributed by atoms with van der Waals surface area (Å²) in [7, 11) is 1.34. The summed E-state index contributed by atoms with van der Waals surface area (Å²) in [6, 6.07) is 15.0. The van der Waals surface area contributed by atoms with Crippen molar-refractivity contribution in [3.63, 3.8) is 0 Å². The summed E-state index contributed by atoms with van der Waals surface area (Å²) in [5.74, 6) is -0.491. The highest BCUT2D eigenvalue weighted by atomic mass is 79.9. The van der Waals surface area contributed by atoms with Gasteiger partial charge in [0.25, 0.3) is 0 Å². The molecule has 1 amide bonds. The minimum atomic E-state index is -0.433. The number of para-hydroxylation sites is 1. The molecule has 0 spiro atoms. The molecule has 0 saturated heterocycles. The van der Waals surface area contributed by atoms with E-state index in [4.69, 9.17) is 4.74 Å². The first kappa shape index (κ1) is 19.5. The molecule has 0 aliphatic heterocycles. The van der Waals surface area contributed by atoms with Crippen molar-refractivity contribution in [2.75, 3.05) is 7.11 Å². The second kappa shape index (κ2) is 9.10. The van der Waals surface area contributed by atoms with E-state index >= 15 is 0 Å². The number of methoxy groups -OCH3 is 1. The third kappa shape index (κ3) is 5.37. The summed E-state index contributed by atoms with van der Waals surface area (Å²) < 4.78 is 6.77. The number of aryl methyl sites for hydroxylation is 1. The number of rotatable bonds is 7. The van der Waals surface area contributed by atoms with Crippen molar-refractivity contribution >= 4 is 49.4 Å². The zero-order valence-electron chi connectivity index (χ0n) is 14.8. The van der Waals surface area contributed by atoms with Crippen molar-refractivity contribution in [1.29, 1.82) is 0 Å². The fourth-order valence-corrected chi connectivity index (χ4v) is 4.12. The molecule has 140 valence electrons. The van der Waals surface area contributed by atoms with Gasteiger partial charge in [0.2, 0.25) is 5.91 Å². The van der Waals surface area contributed by atoms with Crippen molar-refractivity contribution in [3.05, 3.63) is 63.6 Å². The zero-order valence-corrected chi connectivity index (χ0v) is 17.2. The Kier molecular flexibility index (Phi) is 6.58. The van der Waals surface area contributed by atoms with Crippen LogP contribution >= 0.6 is 27.3 Å². The number of nitrogens with zero attached hydrogens (tertiary/aromatic N) is 1. The monoisotopic (exact) mass is 446 g/mol. The molecule has 3 rings (SSSR count). The predicted molar refractivity (Wildman–Crippen MR) is 110 cm³/mol. The molecule has 0 aliphatic rings. The Morgan fingerprint density at radius 1 is 1.22 bits per heavy atom. The molecule has 27 heavy (non-hydrogen) atoms. The largest absolute Gasteiger partial charge is 0.469 e. The molecule has 1 aromatic heterocycles. The lowest BCUT2D eigenvalue weighted by atomic mass is 10.0. The molecule has 0 saturated carbocycles. The molecule has 2 aromatic carbocycles. The number of benzene rings is 2. The smallest absolute Gasteiger partial charge is 0.307 e. The van der Waals surface area contributed by atoms with E-state index in [9.17, 15) is 9.59 Å². The number of esters is 1. The normalized spacial score (nSPS) is 11.9. The molecule has 1 unspecified atom stereocenters. The van der Waals surface area contributed by atoms with Gasteiger partial charge in [-0.2, -0.15) is 0 Å². The van der Waals surface area contributed by atoms with Crippen LogP contribution in [0.25, 0.3) is 10.2 Å². The standard InChI is InChI=1S/C20H19BrN2O3S/c1-26-20(25)12-16(13-5-4-6-14(21)11-13)22-18(24)9-10-19-23-15-7-2-3-8-17(15)27-19/h2-8,11,16H,9-10,12H2,1H3,(H,22,24). The van der Waals surface area contributed by atoms with Crippen LogP contribution in [0.1, 0.15) is 29.5 Å². The molecule has 1 N–H and O–H groups in total. The fraction of sp³-hybridized carbons (Fsp3) is 0.250. The average Bonchev–Trinajstić information content (AvgIpc) is 3.08. The Morgan fingerprint density at radius 3 is 2.78 bits per heavy atom. The minimum absolute atomic E-state index is 0.0832. The van der Waals surface area contributed by atoms with Crippen LogP contribution in [0.5, 0.6) is 0 Å². The van der Waals surface area contributed by atoms with Gasteiger partial charge < -0.3 is 10.1 Å². The maximum Gasteiger partial charge on any atom is 0.307 e. The van der Waals surface area contributed by atoms with Crippen LogP contribution in [-0.4, -0.2) is 24.0 Å². The second-order valence-electron chi connectivity index (χ2n) is 6.03. The molecule has 5 nitrogen and oxygen atoms in total. The van der Waals surface area contributed by atoms with Crippen molar-refractivity contribution in [2.24, 2.45) is 0 Å². The number of hydrogen-bond acceptors (Lipinski definition) is 5. The topological polar surface area (TPSA) is 68.3 Å². The summed E-state index contributed by atoms with van der Waals surface area (Å²) in [5.41, 5.74) is 1.80. The quantitative estimate of drug-likeness (QED) is 0.545. The molecule has 0 radical (unpaired) electrons. The minimum Gasteiger partial charge on any atom is -0.469 e. The van der Waals surface area contributed by atoms with Gasteiger partial charge in [-0.15, -0.1) is 11.3 Å². The van der Waals surface area contributed by atoms with E-state index in [0.717, 1.165) is 25.3 Å². The van der Waals surface area contributed by atoms with Gasteiger partial charge in [0, 0.05) is 17.3 Å². The molecule has 1 heterocycles. The van der Waals surface area contributed by atoms with Gasteiger partial charge in [-0.3, -0.25) is 9.59 Å². The lowest BCUT2D eigenvalue weighted by Crippen LogP contribution is -2.30. The van der Waals surface area contributed by atoms with E-state index in [1.165, 1.54) is 7.11 Å². The number of halogens is 1. The van der Waals surface area contributed by atoms with E-state index in [0.29, 0.717) is 12.8 Å². The van der Waals surface area contributed by atoms with Crippen LogP contribution in [0.3, 0.4) is 0 Å². The fourth-order valence-electron chi connectivity index (χ4n) is 2.74. The highest BCUT2D eigenvalue weighted by Crippen LogP contribution is 2.24. The Hall–Kier alpha value is -2.25. The van der Waals surface area contributed by atoms with E-state index < -0.39 is 6.04 Å². The van der Waals surface area contributed by atoms with Crippen molar-refractivity contribution in [1.82, 2.24) is 10.3 Å². The Morgan fingerprint density at radius 2 is 2.04 bits per heavy atom. The summed E-state index contributed by atoms with van der Waals surface area (Å²) in [6.45, 7) is 0. The molecule has 0 aliphatic carbocycles. The molecular formula is C20H19BrN2O3S. The maximum absolute atomic E-state index is 12.5. The average molecular weight is 447 g/mol. The van der Waals surface area contributed by atoms with Gasteiger partial charge in [-0.05, 0) is 29.8 Å². The highest BCUT2D eigenvalue weighted by Gasteiger charge is 2.19. The first-order chi connectivity index (χ1) is 13.0. The van der Waals surface area contributed by atoms with Crippen LogP contribution < -0.4 is 5.32 Å². The van der Waals surface area contributed by atoms with E-state index in [2.05, 4.69) is 26.2 Å². The van der Waals surface area contributed by atoms with Gasteiger partial charge in [0.1, 0.15) is 0 Å². The summed E-state index contributed by atoms with van der Waals surface area (Å²) in [5, 5.41) is 3.88. The highest BCUT2D eigenvalue weighted by molar-refractivity contribution is 9.10. The Labute approximate surface area is 169 Å². The molecule has 3 aromatic rings. The number of ether oxygens (including phenoxy) is 1. The number of nitrogens with one attached hydrogen (secondary N) is 1. The lowest BCUT2D eigenvalue weighted by Gasteiger charge is -2.18. The van der Waals surface area contributed by atoms with Crippen LogP contribution in [0.4, 0.5) is 0 Å². The first-order valence-electron chi connectivity index (χ1n) is 8.51. The number of fused-ring (bicyclic) bond motifs is 1. The van der Waals surface area contributed by atoms with E-state index in [1.54, 1.807) is 11.3 Å². The third-order valence-electron chi connectivity index (χ3n) is 4.09. The molecular weight excluding hydrogens is 428 g/mol. The van der Waals surface area contributed by atoms with Gasteiger partial charge in [0.15, 0.2) is 0 Å². The first-order valence-corrected chi connectivity index (χ1v) is 10.1. The van der Waals surface area contributed by atoms with Crippen LogP contribution in [0, 0.1) is 0 Å². The van der Waals surface area contributed by atoms with Gasteiger partial charge >= 0.3 is 5.97 Å². The number of hydrogen-bond donors (Lipinski definition) is 1. The van der Waals surface area contributed by atoms with Crippen molar-refractivity contribution in [2.45, 2.75) is 25.3 Å². The zero-order chi connectivity index (χ0) is 19.2. The summed E-state index contributed by atoms with van der Waals surface area (Å²) in [6.07, 6.45) is 0.958. The number of amides is 1. The maximum atomic E-state index is 12.5. The van der Waals surface area contributed by atoms with Crippen molar-refractivity contribution < 1.29 is 14.3 Å². The molecule has 0 fully saturated rings. The van der Waals surface area contributed by atoms with Crippen LogP contribution in [0.2, 0.25) is 0 Å². The molecule has 1 atom stereocenters. The number of thiazole rings is 1. The van der Waals surface area contributed by atoms with Gasteiger partial charge in [0.05, 0.1) is 34.8 Å². The van der Waals surface area contributed by atoms with Gasteiger partial charge in [-0.25, -0.2) is 4.98 Å². The third-order valence-corrected chi connectivity index (χ3v) is 5.68. The van der Waals surface area contributed by atoms with Crippen LogP contribution in [-0.2, 0) is 20.7 Å². The second-order valence-corrected chi connectivity index (χ2v) is 8.06. The SMILES string of the molecule is COC(=O)CC(NC(=O)CCc1nc2ccccc2s1)c1cccc(Br)c1. The van der Waals surface area contributed by atoms with Crippen molar-refractivity contribution in [3.8, 4) is 0 Å². The Balaban J connectivity index is 1.65. The number of aromatic nitrogens is 1. The molecule has 7 heteroatoms. The number of carbonyl (C=O) groups excluding carboxylic acids is 2. The summed E-state index contributed by atoms with van der Waals surface area (Å²) >= 11 is 5.02. The summed E-state index contributed by atoms with van der Waals surface area (Å²) in [4.78, 5) is 28.8. The van der Waals surface area contributed by atoms with E-state index in [1.807, 2.05) is 48.5 Å². The molecule has 0 bridgehead atoms.